The number of fused-ring (bicyclic) bond motifs is 20. The Bertz CT molecular complexity index is 9850. The van der Waals surface area contributed by atoms with Gasteiger partial charge in [0.15, 0.2) is 23.3 Å². The van der Waals surface area contributed by atoms with E-state index in [4.69, 9.17) is 55.2 Å². The molecule has 0 aliphatic rings. The molecule has 0 atom stereocenters. The number of furan rings is 2. The molecular weight excluding hydrogens is 1510 g/mol. The third kappa shape index (κ3) is 11.5. The molecule has 17 aromatic carbocycles. The second-order valence-electron chi connectivity index (χ2n) is 28.5. The van der Waals surface area contributed by atoms with Gasteiger partial charge in [-0.1, -0.05) is 279 Å². The van der Waals surface area contributed by atoms with Crippen LogP contribution >= 0.6 is 22.7 Å². The Balaban J connectivity index is 0.000000155. The van der Waals surface area contributed by atoms with Crippen molar-refractivity contribution in [3.63, 3.8) is 0 Å². The molecule has 0 spiro atoms. The fraction of sp³-hybridized carbons (Fsp3) is 0. The lowest BCUT2D eigenvalue weighted by Crippen LogP contribution is -2.06. The molecule has 12 heteroatoms. The first kappa shape index (κ1) is 49.3. The zero-order valence-electron chi connectivity index (χ0n) is 85.4. The van der Waals surface area contributed by atoms with Gasteiger partial charge in [0.25, 0.3) is 0 Å². The summed E-state index contributed by atoms with van der Waals surface area (Å²) in [4.78, 5) is 30.2. The number of para-hydroxylation sites is 2. The van der Waals surface area contributed by atoms with E-state index in [9.17, 15) is 15.1 Å². The van der Waals surface area contributed by atoms with Gasteiger partial charge in [-0.2, -0.15) is 19.9 Å². The molecule has 0 saturated carbocycles. The molecule has 25 rings (SSSR count). The largest absolute Gasteiger partial charge is 0.456 e. The van der Waals surface area contributed by atoms with Crippen LogP contribution in [-0.2, 0) is 0 Å². The second kappa shape index (κ2) is 28.1. The number of nitrogens with zero attached hydrogens (tertiary/aromatic N) is 8. The molecule has 120 heavy (non-hydrogen) atoms. The van der Waals surface area contributed by atoms with Crippen LogP contribution in [-0.4, -0.2) is 39.0 Å². The third-order valence-corrected chi connectivity index (χ3v) is 23.7. The van der Waals surface area contributed by atoms with E-state index in [-0.39, 0.29) is 190 Å². The van der Waals surface area contributed by atoms with Crippen molar-refractivity contribution in [3.8, 4) is 113 Å². The standard InChI is InChI=1S/C57H34N4OS.C51H30N4OS/c1-4-15-35(16-5-1)39-31-40(36-17-6-2-7-18-36)33-41(32-39)56-58-55(38-27-28-44-49(34-38)62-48-25-14-23-42(52(44)48)37-19-8-3-9-20-37)59-57(60-56)61-46-24-12-10-21-43(46)53-47(61)29-30-51-54(53)45-22-11-13-26-50(45)63-51;1-3-13-31(14-4-1)33-17-11-18-34(29-33)49-52-50(35-25-26-38-43(30-35)56-42-23-12-21-36(46(38)42)32-15-5-2-6-16-32)54-51(53-49)55-40-22-9-7-19-37(40)47-41(55)27-28-45-48(47)39-20-8-10-24-44(39)57-45/h1-34H;1-30H/i10D,11D,12D,13D,21D,22D,24D,26D,29D,30D,31D,32D,33D;7D,8D,9D,10D,19D,20D,22D,24D,27D,28D. The molecule has 0 saturated heterocycles. The highest BCUT2D eigenvalue weighted by Crippen LogP contribution is 2.48. The first-order valence-corrected chi connectivity index (χ1v) is 39.9. The van der Waals surface area contributed by atoms with Crippen LogP contribution in [0.3, 0.4) is 0 Å². The normalized spacial score (nSPS) is 14.5. The molecule has 0 N–H and O–H groups in total. The van der Waals surface area contributed by atoms with E-state index in [0.717, 1.165) is 77.6 Å². The zero-order chi connectivity index (χ0) is 98.9. The predicted molar refractivity (Wildman–Crippen MR) is 498 cm³/mol. The molecule has 0 bridgehead atoms. The monoisotopic (exact) mass is 1590 g/mol. The van der Waals surface area contributed by atoms with Crippen molar-refractivity contribution in [3.05, 3.63) is 388 Å². The Kier molecular flexibility index (Phi) is 11.6. The van der Waals surface area contributed by atoms with Crippen LogP contribution in [0.25, 0.3) is 241 Å². The van der Waals surface area contributed by atoms with E-state index < -0.39 is 84.6 Å². The van der Waals surface area contributed by atoms with Gasteiger partial charge in [-0.25, -0.2) is 9.97 Å². The van der Waals surface area contributed by atoms with Gasteiger partial charge in [0.05, 0.1) is 53.6 Å². The highest BCUT2D eigenvalue weighted by atomic mass is 32.1. The summed E-state index contributed by atoms with van der Waals surface area (Å²) < 4.78 is 227. The summed E-state index contributed by atoms with van der Waals surface area (Å²) in [5.41, 5.74) is 10.5. The maximum absolute atomic E-state index is 9.92. The molecule has 0 amide bonds. The minimum Gasteiger partial charge on any atom is -0.456 e. The molecule has 560 valence electrons. The molecular formula is C108H64N8O2S2. The fourth-order valence-electron chi connectivity index (χ4n) is 16.3. The minimum absolute atomic E-state index is 0.00866. The maximum atomic E-state index is 9.92. The zero-order valence-corrected chi connectivity index (χ0v) is 64.0. The lowest BCUT2D eigenvalue weighted by molar-refractivity contribution is 0.668. The topological polar surface area (TPSA) is 113 Å². The van der Waals surface area contributed by atoms with Crippen LogP contribution in [0.2, 0.25) is 0 Å². The van der Waals surface area contributed by atoms with Crippen molar-refractivity contribution in [2.24, 2.45) is 0 Å². The van der Waals surface area contributed by atoms with Gasteiger partial charge in [-0.05, 0) is 165 Å². The highest BCUT2D eigenvalue weighted by molar-refractivity contribution is 7.26. The Morgan fingerprint density at radius 2 is 0.583 bits per heavy atom. The fourth-order valence-corrected chi connectivity index (χ4v) is 18.2. The van der Waals surface area contributed by atoms with E-state index in [1.807, 2.05) is 182 Å². The highest BCUT2D eigenvalue weighted by Gasteiger charge is 2.26. The Morgan fingerprint density at radius 1 is 0.225 bits per heavy atom. The number of hydrogen-bond donors (Lipinski definition) is 0. The Morgan fingerprint density at radius 3 is 1.03 bits per heavy atom. The summed E-state index contributed by atoms with van der Waals surface area (Å²) in [6.07, 6.45) is 0. The lowest BCUT2D eigenvalue weighted by atomic mass is 9.96. The smallest absolute Gasteiger partial charge is 0.238 e. The third-order valence-electron chi connectivity index (χ3n) is 21.6. The molecule has 0 aliphatic heterocycles. The van der Waals surface area contributed by atoms with E-state index >= 15 is 0 Å². The van der Waals surface area contributed by atoms with Gasteiger partial charge in [0.1, 0.15) is 22.3 Å². The summed E-state index contributed by atoms with van der Waals surface area (Å²) in [7, 11) is 0. The second-order valence-corrected chi connectivity index (χ2v) is 30.6. The molecule has 25 aromatic rings. The Labute approximate surface area is 727 Å². The molecule has 10 nitrogen and oxygen atoms in total. The van der Waals surface area contributed by atoms with E-state index in [1.165, 1.54) is 9.13 Å². The molecule has 0 radical (unpaired) electrons. The van der Waals surface area contributed by atoms with Crippen LogP contribution in [0, 0.1) is 0 Å². The number of benzene rings is 17. The summed E-state index contributed by atoms with van der Waals surface area (Å²) in [5.74, 6) is -0.318. The van der Waals surface area contributed by atoms with Crippen LogP contribution in [0.1, 0.15) is 31.5 Å². The van der Waals surface area contributed by atoms with Gasteiger partial charge in [-0.3, -0.25) is 9.13 Å². The summed E-state index contributed by atoms with van der Waals surface area (Å²) in [6, 6.07) is 68.1. The molecule has 0 unspecified atom stereocenters. The first-order chi connectivity index (χ1) is 69.1. The molecule has 0 aliphatic carbocycles. The van der Waals surface area contributed by atoms with Crippen molar-refractivity contribution in [1.82, 2.24) is 39.0 Å². The maximum Gasteiger partial charge on any atom is 0.238 e. The van der Waals surface area contributed by atoms with Crippen molar-refractivity contribution < 1.29 is 40.4 Å². The van der Waals surface area contributed by atoms with E-state index in [1.54, 1.807) is 60.7 Å². The molecule has 0 fully saturated rings. The van der Waals surface area contributed by atoms with Gasteiger partial charge < -0.3 is 8.83 Å². The van der Waals surface area contributed by atoms with Crippen LogP contribution < -0.4 is 0 Å². The number of thiophene rings is 2. The summed E-state index contributed by atoms with van der Waals surface area (Å²) in [5, 5.41) is 3.80. The van der Waals surface area contributed by atoms with Crippen molar-refractivity contribution in [1.29, 1.82) is 0 Å². The Hall–Kier alpha value is -15.6. The average molecular weight is 1590 g/mol. The summed E-state index contributed by atoms with van der Waals surface area (Å²) >= 11 is 1.83. The summed E-state index contributed by atoms with van der Waals surface area (Å²) in [6.45, 7) is 0. The van der Waals surface area contributed by atoms with Gasteiger partial charge in [0, 0.05) is 106 Å². The lowest BCUT2D eigenvalue weighted by Gasteiger charge is -2.13. The quantitative estimate of drug-likeness (QED) is 0.126. The number of aromatic nitrogens is 8. The van der Waals surface area contributed by atoms with Crippen molar-refractivity contribution in [2.45, 2.75) is 0 Å². The molecule has 8 aromatic heterocycles. The molecule has 8 heterocycles. The van der Waals surface area contributed by atoms with Crippen molar-refractivity contribution >= 4 is 151 Å². The SMILES string of the molecule is [2H]c1c(-c2ccccc2)c([2H])c(-c2nc(-c3ccc4c(c3)oc3cccc(-c5ccccc5)c34)nc(-n3c4c([2H])c([2H])c([2H])c([2H])c4c4c5c(sc6c([2H])c([2H])c([2H])c([2H])c65)c([2H])c([2H])c43)n2)c([2H])c1-c1ccccc1.[2H]c1c([2H])c([2H])c2c(sc3c([2H])c([2H])c4c(c5c([2H])c([2H])c([2H])c([2H])c5n4-c4nc(-c5cccc(-c6ccccc6)c5)nc(-c5ccc6c(c5)oc5cccc(-c7ccccc7)c56)n4)c32)c1[2H]. The number of rotatable bonds is 11. The predicted octanol–water partition coefficient (Wildman–Crippen LogP) is 29.5. The van der Waals surface area contributed by atoms with E-state index in [2.05, 4.69) is 6.07 Å². The average Bonchev–Trinajstić information content (AvgIpc) is 1.52. The van der Waals surface area contributed by atoms with Gasteiger partial charge in [0.2, 0.25) is 11.9 Å². The van der Waals surface area contributed by atoms with Gasteiger partial charge in [-0.15, -0.1) is 22.7 Å². The van der Waals surface area contributed by atoms with Gasteiger partial charge >= 0.3 is 0 Å². The minimum atomic E-state index is -0.639. The number of hydrogen-bond acceptors (Lipinski definition) is 10. The van der Waals surface area contributed by atoms with Crippen molar-refractivity contribution in [2.75, 3.05) is 0 Å². The van der Waals surface area contributed by atoms with Crippen LogP contribution in [0.4, 0.5) is 0 Å². The van der Waals surface area contributed by atoms with Crippen LogP contribution in [0.5, 0.6) is 0 Å². The van der Waals surface area contributed by atoms with E-state index in [0.29, 0.717) is 50.1 Å². The van der Waals surface area contributed by atoms with Crippen LogP contribution in [0.15, 0.2) is 397 Å². The first-order valence-electron chi connectivity index (χ1n) is 49.7.